The van der Waals surface area contributed by atoms with Gasteiger partial charge < -0.3 is 19.8 Å². The molecule has 0 aromatic heterocycles. The molecular weight excluding hydrogens is 557 g/mol. The topological polar surface area (TPSA) is 132 Å². The molecule has 2 N–H and O–H groups in total. The molecule has 0 saturated carbocycles. The third kappa shape index (κ3) is 28.8. The van der Waals surface area contributed by atoms with Crippen LogP contribution >= 0.6 is 7.82 Å². The zero-order valence-electron chi connectivity index (χ0n) is 26.8. The van der Waals surface area contributed by atoms with Gasteiger partial charge in [-0.05, 0) is 12.8 Å². The van der Waals surface area contributed by atoms with Crippen LogP contribution in [0.2, 0.25) is 0 Å². The molecule has 0 heterocycles. The Morgan fingerprint density at radius 3 is 1.48 bits per heavy atom. The van der Waals surface area contributed by atoms with Crippen LogP contribution in [-0.2, 0) is 32.7 Å². The second-order valence-electron chi connectivity index (χ2n) is 11.3. The van der Waals surface area contributed by atoms with Crippen molar-refractivity contribution in [2.45, 2.75) is 168 Å². The van der Waals surface area contributed by atoms with E-state index in [4.69, 9.17) is 19.4 Å². The first kappa shape index (κ1) is 40.7. The molecule has 0 aliphatic heterocycles. The molecule has 0 spiro atoms. The number of esters is 2. The van der Waals surface area contributed by atoms with E-state index in [-0.39, 0.29) is 26.1 Å². The molecule has 0 aromatic carbocycles. The monoisotopic (exact) mass is 619 g/mol. The van der Waals surface area contributed by atoms with Gasteiger partial charge in [-0.2, -0.15) is 0 Å². The van der Waals surface area contributed by atoms with Crippen molar-refractivity contribution in [1.29, 1.82) is 5.41 Å². The molecule has 0 aliphatic rings. The van der Waals surface area contributed by atoms with E-state index < -0.39 is 32.5 Å². The van der Waals surface area contributed by atoms with Gasteiger partial charge in [-0.15, -0.1) is 0 Å². The average molecular weight is 620 g/mol. The van der Waals surface area contributed by atoms with Gasteiger partial charge in [-0.3, -0.25) is 18.6 Å². The lowest BCUT2D eigenvalue weighted by atomic mass is 10.0. The first-order valence-corrected chi connectivity index (χ1v) is 18.3. The Morgan fingerprint density at radius 2 is 1.05 bits per heavy atom. The molecule has 0 saturated heterocycles. The van der Waals surface area contributed by atoms with Crippen LogP contribution in [0.4, 0.5) is 0 Å². The van der Waals surface area contributed by atoms with Crippen molar-refractivity contribution >= 4 is 26.0 Å². The van der Waals surface area contributed by atoms with E-state index in [2.05, 4.69) is 18.4 Å². The van der Waals surface area contributed by atoms with Crippen LogP contribution in [0.5, 0.6) is 0 Å². The summed E-state index contributed by atoms with van der Waals surface area (Å²) in [7, 11) is -4.42. The minimum absolute atomic E-state index is 0.224. The van der Waals surface area contributed by atoms with Gasteiger partial charge in [-0.1, -0.05) is 136 Å². The van der Waals surface area contributed by atoms with Crippen LogP contribution in [0.25, 0.3) is 0 Å². The SMILES string of the molecule is CCCCCCCCCCCCCCCCCC(=O)O[C@H](COC(=O)CCCCCCCC)COP(=O)(O)OCC=N. The van der Waals surface area contributed by atoms with Crippen LogP contribution < -0.4 is 0 Å². The second kappa shape index (κ2) is 29.8. The van der Waals surface area contributed by atoms with Gasteiger partial charge in [0.05, 0.1) is 13.2 Å². The number of phosphoric acid groups is 1. The Morgan fingerprint density at radius 1 is 0.643 bits per heavy atom. The Labute approximate surface area is 256 Å². The largest absolute Gasteiger partial charge is 0.472 e. The van der Waals surface area contributed by atoms with Crippen molar-refractivity contribution < 1.29 is 37.6 Å². The van der Waals surface area contributed by atoms with Gasteiger partial charge in [0, 0.05) is 19.1 Å². The molecule has 0 aliphatic carbocycles. The summed E-state index contributed by atoms with van der Waals surface area (Å²) >= 11 is 0. The first-order valence-electron chi connectivity index (χ1n) is 16.8. The van der Waals surface area contributed by atoms with E-state index >= 15 is 0 Å². The minimum Gasteiger partial charge on any atom is -0.462 e. The lowest BCUT2D eigenvalue weighted by Crippen LogP contribution is -2.29. The summed E-state index contributed by atoms with van der Waals surface area (Å²) in [6.07, 6.45) is 25.1. The number of carbonyl (C=O) groups excluding carboxylic acids is 2. The number of hydrogen-bond donors (Lipinski definition) is 2. The number of ether oxygens (including phenoxy) is 2. The molecule has 0 aromatic rings. The normalized spacial score (nSPS) is 13.4. The summed E-state index contributed by atoms with van der Waals surface area (Å²) < 4.78 is 32.1. The van der Waals surface area contributed by atoms with E-state index in [9.17, 15) is 19.0 Å². The molecule has 10 heteroatoms. The zero-order valence-corrected chi connectivity index (χ0v) is 27.7. The van der Waals surface area contributed by atoms with Crippen LogP contribution in [0.15, 0.2) is 0 Å². The van der Waals surface area contributed by atoms with Crippen molar-refractivity contribution in [2.75, 3.05) is 19.8 Å². The molecule has 9 nitrogen and oxygen atoms in total. The maximum absolute atomic E-state index is 12.4. The molecule has 42 heavy (non-hydrogen) atoms. The van der Waals surface area contributed by atoms with Gasteiger partial charge in [0.15, 0.2) is 6.10 Å². The van der Waals surface area contributed by atoms with E-state index in [1.165, 1.54) is 83.5 Å². The fourth-order valence-electron chi connectivity index (χ4n) is 4.66. The maximum atomic E-state index is 12.4. The van der Waals surface area contributed by atoms with Crippen LogP contribution in [0.3, 0.4) is 0 Å². The molecule has 1 unspecified atom stereocenters. The fraction of sp³-hybridized carbons (Fsp3) is 0.906. The van der Waals surface area contributed by atoms with E-state index in [0.717, 1.165) is 51.2 Å². The van der Waals surface area contributed by atoms with E-state index in [1.807, 2.05) is 0 Å². The van der Waals surface area contributed by atoms with Crippen molar-refractivity contribution in [2.24, 2.45) is 0 Å². The van der Waals surface area contributed by atoms with Crippen molar-refractivity contribution in [1.82, 2.24) is 0 Å². The highest BCUT2D eigenvalue weighted by atomic mass is 31.2. The third-order valence-corrected chi connectivity index (χ3v) is 8.14. The van der Waals surface area contributed by atoms with Crippen molar-refractivity contribution in [3.05, 3.63) is 0 Å². The van der Waals surface area contributed by atoms with Crippen LogP contribution in [0.1, 0.15) is 162 Å². The number of nitrogens with one attached hydrogen (secondary N) is 1. The molecule has 0 rings (SSSR count). The maximum Gasteiger partial charge on any atom is 0.472 e. The zero-order chi connectivity index (χ0) is 31.2. The molecule has 248 valence electrons. The number of unbranched alkanes of at least 4 members (excludes halogenated alkanes) is 19. The Kier molecular flexibility index (Phi) is 28.9. The fourth-order valence-corrected chi connectivity index (χ4v) is 5.35. The number of rotatable bonds is 32. The smallest absolute Gasteiger partial charge is 0.462 e. The van der Waals surface area contributed by atoms with Crippen molar-refractivity contribution in [3.8, 4) is 0 Å². The number of carbonyl (C=O) groups is 2. The third-order valence-electron chi connectivity index (χ3n) is 7.19. The highest BCUT2D eigenvalue weighted by Gasteiger charge is 2.25. The standard InChI is InChI=1S/C32H62NO8P/c1-3-5-7-9-11-12-13-14-15-16-17-18-19-21-23-25-32(35)41-30(29-40-42(36,37)39-27-26-33)28-38-31(34)24-22-20-10-8-6-4-2/h26,30,33H,3-25,27-29H2,1-2H3,(H,36,37)/t30-/m1/s1. The van der Waals surface area contributed by atoms with Crippen molar-refractivity contribution in [3.63, 3.8) is 0 Å². The van der Waals surface area contributed by atoms with E-state index in [0.29, 0.717) is 6.42 Å². The minimum atomic E-state index is -4.42. The van der Waals surface area contributed by atoms with Gasteiger partial charge in [-0.25, -0.2) is 4.57 Å². The van der Waals surface area contributed by atoms with Gasteiger partial charge in [0.2, 0.25) is 0 Å². The lowest BCUT2D eigenvalue weighted by Gasteiger charge is -2.19. The predicted molar refractivity (Wildman–Crippen MR) is 169 cm³/mol. The molecule has 0 fully saturated rings. The van der Waals surface area contributed by atoms with Crippen LogP contribution in [-0.4, -0.2) is 49.0 Å². The molecule has 0 bridgehead atoms. The number of hydrogen-bond acceptors (Lipinski definition) is 8. The molecule has 0 radical (unpaired) electrons. The summed E-state index contributed by atoms with van der Waals surface area (Å²) in [6, 6.07) is 0. The number of phosphoric ester groups is 1. The Balaban J connectivity index is 4.17. The van der Waals surface area contributed by atoms with Gasteiger partial charge in [0.1, 0.15) is 6.61 Å². The predicted octanol–water partition coefficient (Wildman–Crippen LogP) is 9.24. The molecule has 2 atom stereocenters. The quantitative estimate of drug-likeness (QED) is 0.0329. The molecular formula is C32H62NO8P. The average Bonchev–Trinajstić information content (AvgIpc) is 2.97. The summed E-state index contributed by atoms with van der Waals surface area (Å²) in [6.45, 7) is 3.30. The highest BCUT2D eigenvalue weighted by molar-refractivity contribution is 7.47. The highest BCUT2D eigenvalue weighted by Crippen LogP contribution is 2.43. The van der Waals surface area contributed by atoms with Gasteiger partial charge in [0.25, 0.3) is 0 Å². The van der Waals surface area contributed by atoms with E-state index in [1.54, 1.807) is 0 Å². The second-order valence-corrected chi connectivity index (χ2v) is 12.7. The Hall–Kier alpha value is -1.28. The summed E-state index contributed by atoms with van der Waals surface area (Å²) in [5, 5.41) is 6.92. The Bertz CT molecular complexity index is 706. The van der Waals surface area contributed by atoms with Crippen LogP contribution in [0, 0.1) is 5.41 Å². The summed E-state index contributed by atoms with van der Waals surface area (Å²) in [5.74, 6) is -0.861. The summed E-state index contributed by atoms with van der Waals surface area (Å²) in [4.78, 5) is 34.3. The summed E-state index contributed by atoms with van der Waals surface area (Å²) in [5.41, 5.74) is 0. The first-order chi connectivity index (χ1) is 20.3. The molecule has 0 amide bonds. The lowest BCUT2D eigenvalue weighted by molar-refractivity contribution is -0.161. The van der Waals surface area contributed by atoms with Gasteiger partial charge >= 0.3 is 19.8 Å².